The topological polar surface area (TPSA) is 35.2 Å². The summed E-state index contributed by atoms with van der Waals surface area (Å²) < 4.78 is 7.51. The molecule has 0 fully saturated rings. The smallest absolute Gasteiger partial charge is 0.146 e. The Bertz CT molecular complexity index is 283. The van der Waals surface area contributed by atoms with Crippen molar-refractivity contribution in [2.24, 2.45) is 5.73 Å². The van der Waals surface area contributed by atoms with E-state index >= 15 is 0 Å². The van der Waals surface area contributed by atoms with Crippen molar-refractivity contribution < 1.29 is 4.74 Å². The molecular formula is C8H8ClI2NO. The monoisotopic (exact) mass is 423 g/mol. The molecule has 0 amide bonds. The average molecular weight is 423 g/mol. The van der Waals surface area contributed by atoms with Crippen LogP contribution in [0.5, 0.6) is 5.75 Å². The van der Waals surface area contributed by atoms with Crippen LogP contribution in [0, 0.1) is 7.14 Å². The fraction of sp³-hybridized carbons (Fsp3) is 0.250. The Kier molecular flexibility index (Phi) is 5.06. The van der Waals surface area contributed by atoms with E-state index < -0.39 is 0 Å². The Morgan fingerprint density at radius 1 is 1.31 bits per heavy atom. The molecule has 72 valence electrons. The maximum Gasteiger partial charge on any atom is 0.146 e. The molecule has 2 nitrogen and oxygen atoms in total. The van der Waals surface area contributed by atoms with Crippen LogP contribution < -0.4 is 10.5 Å². The maximum absolute atomic E-state index is 5.87. The third kappa shape index (κ3) is 3.41. The molecule has 0 aliphatic carbocycles. The van der Waals surface area contributed by atoms with E-state index in [2.05, 4.69) is 45.2 Å². The molecule has 1 rings (SSSR count). The summed E-state index contributed by atoms with van der Waals surface area (Å²) in [5, 5.41) is 0.730. The van der Waals surface area contributed by atoms with Crippen molar-refractivity contribution in [3.63, 3.8) is 0 Å². The van der Waals surface area contributed by atoms with Gasteiger partial charge in [-0.3, -0.25) is 0 Å². The number of rotatable bonds is 3. The first-order valence-electron chi connectivity index (χ1n) is 3.62. The lowest BCUT2D eigenvalue weighted by Gasteiger charge is -2.09. The molecule has 0 saturated carbocycles. The van der Waals surface area contributed by atoms with Gasteiger partial charge in [-0.25, -0.2) is 0 Å². The lowest BCUT2D eigenvalue weighted by molar-refractivity contribution is 0.324. The molecule has 13 heavy (non-hydrogen) atoms. The van der Waals surface area contributed by atoms with Crippen molar-refractivity contribution in [2.45, 2.75) is 0 Å². The molecule has 0 heterocycles. The van der Waals surface area contributed by atoms with Gasteiger partial charge in [0, 0.05) is 11.6 Å². The number of halogens is 3. The standard InChI is InChI=1S/C8H8ClI2NO/c9-5-3-6(10)8(7(11)4-5)13-2-1-12/h3-4H,1-2,12H2. The summed E-state index contributed by atoms with van der Waals surface area (Å²) in [6.45, 7) is 1.06. The van der Waals surface area contributed by atoms with Crippen LogP contribution in [0.15, 0.2) is 12.1 Å². The van der Waals surface area contributed by atoms with Gasteiger partial charge < -0.3 is 10.5 Å². The summed E-state index contributed by atoms with van der Waals surface area (Å²) in [6, 6.07) is 3.74. The lowest BCUT2D eigenvalue weighted by Crippen LogP contribution is -2.11. The molecule has 0 atom stereocenters. The first-order chi connectivity index (χ1) is 6.15. The molecule has 0 aliphatic rings. The van der Waals surface area contributed by atoms with Crippen LogP contribution in [0.4, 0.5) is 0 Å². The van der Waals surface area contributed by atoms with Crippen molar-refractivity contribution in [2.75, 3.05) is 13.2 Å². The largest absolute Gasteiger partial charge is 0.490 e. The Morgan fingerprint density at radius 3 is 2.31 bits per heavy atom. The van der Waals surface area contributed by atoms with E-state index in [1.807, 2.05) is 12.1 Å². The third-order valence-electron chi connectivity index (χ3n) is 1.33. The van der Waals surface area contributed by atoms with Gasteiger partial charge in [0.25, 0.3) is 0 Å². The molecular weight excluding hydrogens is 415 g/mol. The summed E-state index contributed by atoms with van der Waals surface area (Å²) in [5.41, 5.74) is 5.35. The Balaban J connectivity index is 2.92. The highest BCUT2D eigenvalue weighted by Gasteiger charge is 2.07. The highest BCUT2D eigenvalue weighted by atomic mass is 127. The van der Waals surface area contributed by atoms with E-state index in [4.69, 9.17) is 22.1 Å². The van der Waals surface area contributed by atoms with Crippen LogP contribution >= 0.6 is 56.8 Å². The Labute approximate surface area is 109 Å². The minimum atomic E-state index is 0.523. The molecule has 0 bridgehead atoms. The van der Waals surface area contributed by atoms with Gasteiger partial charge >= 0.3 is 0 Å². The van der Waals surface area contributed by atoms with Crippen LogP contribution in [-0.2, 0) is 0 Å². The van der Waals surface area contributed by atoms with E-state index in [-0.39, 0.29) is 0 Å². The number of hydrogen-bond acceptors (Lipinski definition) is 2. The van der Waals surface area contributed by atoms with Crippen molar-refractivity contribution in [1.29, 1.82) is 0 Å². The van der Waals surface area contributed by atoms with Gasteiger partial charge in [0.1, 0.15) is 12.4 Å². The zero-order valence-corrected chi connectivity index (χ0v) is 11.8. The van der Waals surface area contributed by atoms with Gasteiger partial charge in [-0.2, -0.15) is 0 Å². The van der Waals surface area contributed by atoms with Crippen molar-refractivity contribution in [3.05, 3.63) is 24.3 Å². The predicted molar refractivity (Wildman–Crippen MR) is 71.4 cm³/mol. The van der Waals surface area contributed by atoms with Crippen LogP contribution in [0.2, 0.25) is 5.02 Å². The number of nitrogens with two attached hydrogens (primary N) is 1. The molecule has 2 N–H and O–H groups in total. The maximum atomic E-state index is 5.87. The lowest BCUT2D eigenvalue weighted by atomic mass is 10.3. The molecule has 0 spiro atoms. The summed E-state index contributed by atoms with van der Waals surface area (Å²) in [6.07, 6.45) is 0. The summed E-state index contributed by atoms with van der Waals surface area (Å²) >= 11 is 10.3. The van der Waals surface area contributed by atoms with E-state index in [1.54, 1.807) is 0 Å². The van der Waals surface area contributed by atoms with E-state index in [9.17, 15) is 0 Å². The second-order valence-corrected chi connectivity index (χ2v) is 5.10. The summed E-state index contributed by atoms with van der Waals surface area (Å²) in [4.78, 5) is 0. The van der Waals surface area contributed by atoms with E-state index in [0.717, 1.165) is 17.9 Å². The van der Waals surface area contributed by atoms with E-state index in [1.165, 1.54) is 0 Å². The van der Waals surface area contributed by atoms with Gasteiger partial charge in [0.05, 0.1) is 7.14 Å². The molecule has 1 aromatic carbocycles. The van der Waals surface area contributed by atoms with Crippen molar-refractivity contribution in [1.82, 2.24) is 0 Å². The first-order valence-corrected chi connectivity index (χ1v) is 6.16. The molecule has 0 saturated heterocycles. The zero-order chi connectivity index (χ0) is 9.84. The SMILES string of the molecule is NCCOc1c(I)cc(Cl)cc1I. The Hall–Kier alpha value is 0.730. The zero-order valence-electron chi connectivity index (χ0n) is 6.69. The van der Waals surface area contributed by atoms with Crippen LogP contribution in [0.1, 0.15) is 0 Å². The highest BCUT2D eigenvalue weighted by Crippen LogP contribution is 2.30. The minimum absolute atomic E-state index is 0.523. The van der Waals surface area contributed by atoms with Crippen LogP contribution in [0.3, 0.4) is 0 Å². The highest BCUT2D eigenvalue weighted by molar-refractivity contribution is 14.1. The van der Waals surface area contributed by atoms with Gasteiger partial charge in [-0.1, -0.05) is 11.6 Å². The van der Waals surface area contributed by atoms with Gasteiger partial charge in [-0.15, -0.1) is 0 Å². The molecule has 5 heteroatoms. The summed E-state index contributed by atoms with van der Waals surface area (Å²) in [7, 11) is 0. The molecule has 1 aromatic rings. The van der Waals surface area contributed by atoms with Crippen LogP contribution in [-0.4, -0.2) is 13.2 Å². The van der Waals surface area contributed by atoms with Gasteiger partial charge in [-0.05, 0) is 57.3 Å². The van der Waals surface area contributed by atoms with Crippen LogP contribution in [0.25, 0.3) is 0 Å². The number of ether oxygens (including phenoxy) is 1. The van der Waals surface area contributed by atoms with Crippen molar-refractivity contribution in [3.8, 4) is 5.75 Å². The average Bonchev–Trinajstić information content (AvgIpc) is 2.02. The first kappa shape index (κ1) is 11.8. The third-order valence-corrected chi connectivity index (χ3v) is 3.15. The van der Waals surface area contributed by atoms with E-state index in [0.29, 0.717) is 13.2 Å². The fourth-order valence-electron chi connectivity index (χ4n) is 0.828. The Morgan fingerprint density at radius 2 is 1.85 bits per heavy atom. The number of hydrogen-bond donors (Lipinski definition) is 1. The number of benzene rings is 1. The molecule has 0 aromatic heterocycles. The fourth-order valence-corrected chi connectivity index (χ4v) is 3.49. The van der Waals surface area contributed by atoms with Gasteiger partial charge in [0.2, 0.25) is 0 Å². The molecule has 0 aliphatic heterocycles. The second kappa shape index (κ2) is 5.57. The quantitative estimate of drug-likeness (QED) is 0.759. The van der Waals surface area contributed by atoms with Crippen molar-refractivity contribution >= 4 is 56.8 Å². The summed E-state index contributed by atoms with van der Waals surface area (Å²) in [5.74, 6) is 0.871. The molecule has 0 unspecified atom stereocenters. The normalized spacial score (nSPS) is 10.2. The minimum Gasteiger partial charge on any atom is -0.490 e. The van der Waals surface area contributed by atoms with Gasteiger partial charge in [0.15, 0.2) is 0 Å². The predicted octanol–water partition coefficient (Wildman–Crippen LogP) is 2.89. The second-order valence-electron chi connectivity index (χ2n) is 2.34. The molecule has 0 radical (unpaired) electrons.